The second kappa shape index (κ2) is 14.2. The number of nitriles is 1. The molecule has 1 saturated heterocycles. The van der Waals surface area contributed by atoms with Crippen LogP contribution in [0.2, 0.25) is 5.02 Å². The number of carbonyl (C=O) groups is 1. The summed E-state index contributed by atoms with van der Waals surface area (Å²) in [6, 6.07) is 8.18. The van der Waals surface area contributed by atoms with Crippen molar-refractivity contribution in [2.75, 3.05) is 31.3 Å². The predicted octanol–water partition coefficient (Wildman–Crippen LogP) is 5.35. The van der Waals surface area contributed by atoms with Crippen molar-refractivity contribution in [2.45, 2.75) is 57.2 Å². The number of benzene rings is 1. The largest absolute Gasteiger partial charge is 0.633 e. The van der Waals surface area contributed by atoms with Crippen LogP contribution >= 0.6 is 22.9 Å². The number of sulfonamides is 1. The van der Waals surface area contributed by atoms with E-state index in [1.807, 2.05) is 4.72 Å². The van der Waals surface area contributed by atoms with E-state index < -0.39 is 50.9 Å². The van der Waals surface area contributed by atoms with Crippen molar-refractivity contribution < 1.29 is 26.6 Å². The van der Waals surface area contributed by atoms with Crippen LogP contribution in [-0.4, -0.2) is 82.9 Å². The van der Waals surface area contributed by atoms with Gasteiger partial charge in [-0.1, -0.05) is 23.4 Å². The molecule has 0 bridgehead atoms. The fraction of sp³-hybridized carbons (Fsp3) is 0.351. The molecule has 13 nitrogen and oxygen atoms in total. The molecule has 7 rings (SSSR count). The van der Waals surface area contributed by atoms with Gasteiger partial charge in [0.05, 0.1) is 71.6 Å². The highest BCUT2D eigenvalue weighted by molar-refractivity contribution is 7.89. The number of carbonyl (C=O) groups excluding carboxylic acids is 1. The van der Waals surface area contributed by atoms with Crippen LogP contribution in [0.3, 0.4) is 0 Å². The average molecular weight is 807 g/mol. The van der Waals surface area contributed by atoms with Crippen molar-refractivity contribution >= 4 is 65.8 Å². The normalized spacial score (nSPS) is 19.6. The molecule has 2 fully saturated rings. The summed E-state index contributed by atoms with van der Waals surface area (Å²) in [5.74, 6) is 3.21. The Morgan fingerprint density at radius 2 is 1.95 bits per heavy atom. The number of rotatable bonds is 7. The molecule has 5 aromatic rings. The number of piperidine rings is 1. The zero-order chi connectivity index (χ0) is 39.4. The van der Waals surface area contributed by atoms with Gasteiger partial charge in [-0.25, -0.2) is 31.9 Å². The minimum Gasteiger partial charge on any atom is -0.633 e. The van der Waals surface area contributed by atoms with Crippen LogP contribution in [0.1, 0.15) is 53.0 Å². The molecule has 5 heterocycles. The topological polar surface area (TPSA) is 174 Å². The molecular formula is C37H33ClF2N8O5S2. The standard InChI is InChI=1S/C37H33ClF2N8O5S2/c1-21-44-30-19-43-34(46(2)24-9-13-48(51,14-10-24)25-16-37(39,40)17-25)28(18-41)31(30)36(50)47(21)12-4-5-22-6-7-23(38)15-27(22)26-8-11-42-32-29(20-54-33(26)32)35(49)45-55(3,52)53/h6-8,11,15,19-20,24-25H,9-10,12-14,16-17H2,1-3H3,(H,45,49). The Balaban J connectivity index is 1.18. The molecule has 0 unspecified atom stereocenters. The van der Waals surface area contributed by atoms with Gasteiger partial charge in [-0.15, -0.1) is 11.3 Å². The number of fused-ring (bicyclic) bond motifs is 2. The molecule has 55 heavy (non-hydrogen) atoms. The summed E-state index contributed by atoms with van der Waals surface area (Å²) >= 11 is 7.62. The Labute approximate surface area is 323 Å². The van der Waals surface area contributed by atoms with E-state index in [1.165, 1.54) is 33.7 Å². The van der Waals surface area contributed by atoms with Gasteiger partial charge in [0, 0.05) is 59.2 Å². The van der Waals surface area contributed by atoms with Gasteiger partial charge in [0.2, 0.25) is 10.0 Å². The van der Waals surface area contributed by atoms with E-state index in [-0.39, 0.29) is 53.5 Å². The van der Waals surface area contributed by atoms with Crippen molar-refractivity contribution in [3.8, 4) is 29.0 Å². The van der Waals surface area contributed by atoms with Crippen molar-refractivity contribution in [3.05, 3.63) is 85.1 Å². The Kier molecular flexibility index (Phi) is 9.89. The SMILES string of the molecule is Cc1nc2cnc(N(C)C3CC[N+]([O-])(C4CC(F)(F)C4)CC3)c(C#N)c2c(=O)n1CC#Cc1ccc(Cl)cc1-c1ccnc2c(C(=O)NS(C)(=O)=O)csc12. The Bertz CT molecular complexity index is 2670. The van der Waals surface area contributed by atoms with E-state index in [1.54, 1.807) is 43.1 Å². The van der Waals surface area contributed by atoms with E-state index in [2.05, 4.69) is 32.9 Å². The molecule has 1 aliphatic carbocycles. The number of pyridine rings is 2. The van der Waals surface area contributed by atoms with E-state index in [0.29, 0.717) is 50.6 Å². The zero-order valence-corrected chi connectivity index (χ0v) is 32.2. The van der Waals surface area contributed by atoms with Crippen molar-refractivity contribution in [1.29, 1.82) is 5.26 Å². The minimum absolute atomic E-state index is 0.0357. The number of likely N-dealkylation sites (tertiary alicyclic amines) is 1. The number of hydrogen-bond donors (Lipinski definition) is 1. The smallest absolute Gasteiger partial charge is 0.267 e. The van der Waals surface area contributed by atoms with Crippen LogP contribution in [0.25, 0.3) is 32.2 Å². The lowest BCUT2D eigenvalue weighted by molar-refractivity contribution is -0.919. The van der Waals surface area contributed by atoms with Crippen LogP contribution in [0.5, 0.6) is 0 Å². The maximum Gasteiger partial charge on any atom is 0.267 e. The van der Waals surface area contributed by atoms with Crippen molar-refractivity contribution in [3.63, 3.8) is 0 Å². The summed E-state index contributed by atoms with van der Waals surface area (Å²) < 4.78 is 53.7. The van der Waals surface area contributed by atoms with Crippen LogP contribution < -0.4 is 15.2 Å². The molecule has 284 valence electrons. The number of hydrogen-bond acceptors (Lipinski definition) is 11. The lowest BCUT2D eigenvalue weighted by Gasteiger charge is -2.57. The number of thiophene rings is 1. The van der Waals surface area contributed by atoms with Gasteiger partial charge in [-0.3, -0.25) is 19.1 Å². The molecule has 0 radical (unpaired) electrons. The number of nitrogens with one attached hydrogen (secondary N) is 1. The molecule has 0 atom stereocenters. The summed E-state index contributed by atoms with van der Waals surface area (Å²) in [7, 11) is -2.06. The third kappa shape index (κ3) is 7.38. The van der Waals surface area contributed by atoms with Crippen molar-refractivity contribution in [2.24, 2.45) is 0 Å². The molecule has 1 N–H and O–H groups in total. The first-order valence-corrected chi connectivity index (χ1v) is 20.3. The molecule has 1 aliphatic heterocycles. The van der Waals surface area contributed by atoms with Crippen LogP contribution in [0.4, 0.5) is 14.6 Å². The molecule has 1 amide bonds. The molecule has 1 saturated carbocycles. The van der Waals surface area contributed by atoms with Gasteiger partial charge >= 0.3 is 0 Å². The highest BCUT2D eigenvalue weighted by Gasteiger charge is 2.53. The monoisotopic (exact) mass is 806 g/mol. The lowest BCUT2D eigenvalue weighted by atomic mass is 9.84. The first-order valence-electron chi connectivity index (χ1n) is 17.1. The van der Waals surface area contributed by atoms with Crippen molar-refractivity contribution in [1.82, 2.24) is 24.2 Å². The zero-order valence-electron chi connectivity index (χ0n) is 29.8. The number of aromatic nitrogens is 4. The summed E-state index contributed by atoms with van der Waals surface area (Å²) in [6.45, 7) is 1.92. The van der Waals surface area contributed by atoms with Crippen LogP contribution in [0.15, 0.2) is 46.8 Å². The Morgan fingerprint density at radius 1 is 1.22 bits per heavy atom. The average Bonchev–Trinajstić information content (AvgIpc) is 3.56. The molecule has 4 aromatic heterocycles. The van der Waals surface area contributed by atoms with Gasteiger partial charge in [0.1, 0.15) is 29.3 Å². The molecule has 2 aliphatic rings. The maximum atomic E-state index is 14.1. The highest BCUT2D eigenvalue weighted by atomic mass is 35.5. The number of amides is 1. The van der Waals surface area contributed by atoms with Gasteiger partial charge in [0.25, 0.3) is 17.4 Å². The minimum atomic E-state index is -3.80. The quantitative estimate of drug-likeness (QED) is 0.128. The summed E-state index contributed by atoms with van der Waals surface area (Å²) in [5.41, 5.74) is 2.03. The fourth-order valence-corrected chi connectivity index (χ4v) is 8.99. The van der Waals surface area contributed by atoms with E-state index in [4.69, 9.17) is 11.6 Å². The Morgan fingerprint density at radius 3 is 2.62 bits per heavy atom. The lowest BCUT2D eigenvalue weighted by Crippen LogP contribution is -2.64. The van der Waals surface area contributed by atoms with Crippen LogP contribution in [-0.2, 0) is 16.6 Å². The number of nitrogens with zero attached hydrogens (tertiary/aromatic N) is 7. The molecular weight excluding hydrogens is 774 g/mol. The van der Waals surface area contributed by atoms with Gasteiger partial charge in [0.15, 0.2) is 0 Å². The highest BCUT2D eigenvalue weighted by Crippen LogP contribution is 2.45. The first-order chi connectivity index (χ1) is 26.0. The second-order valence-corrected chi connectivity index (χ2v) is 17.0. The third-order valence-electron chi connectivity index (χ3n) is 10.3. The number of anilines is 1. The van der Waals surface area contributed by atoms with E-state index in [0.717, 1.165) is 6.26 Å². The van der Waals surface area contributed by atoms with Gasteiger partial charge in [-0.2, -0.15) is 5.26 Å². The number of hydroxylamine groups is 3. The fourth-order valence-electron chi connectivity index (χ4n) is 7.34. The van der Waals surface area contributed by atoms with E-state index >= 15 is 0 Å². The number of aryl methyl sites for hydroxylation is 1. The molecule has 1 aromatic carbocycles. The summed E-state index contributed by atoms with van der Waals surface area (Å²) in [6.07, 6.45) is 3.88. The number of quaternary nitrogens is 1. The van der Waals surface area contributed by atoms with E-state index in [9.17, 15) is 37.3 Å². The number of halogens is 3. The second-order valence-electron chi connectivity index (χ2n) is 13.9. The Hall–Kier alpha value is -5.04. The van der Waals surface area contributed by atoms with Crippen LogP contribution in [0, 0.1) is 35.3 Å². The maximum absolute atomic E-state index is 14.1. The summed E-state index contributed by atoms with van der Waals surface area (Å²) in [5, 5.41) is 25.7. The van der Waals surface area contributed by atoms with Gasteiger partial charge in [-0.05, 0) is 31.2 Å². The summed E-state index contributed by atoms with van der Waals surface area (Å²) in [4.78, 5) is 41.9. The molecule has 18 heteroatoms. The molecule has 0 spiro atoms. The third-order valence-corrected chi connectivity index (χ3v) is 12.1. The number of alkyl halides is 2. The first kappa shape index (κ1) is 38.2. The van der Waals surface area contributed by atoms with Gasteiger partial charge < -0.3 is 14.8 Å². The predicted molar refractivity (Wildman–Crippen MR) is 205 cm³/mol.